The second-order valence-corrected chi connectivity index (χ2v) is 4.97. The van der Waals surface area contributed by atoms with Crippen LogP contribution >= 0.6 is 11.8 Å². The van der Waals surface area contributed by atoms with Crippen LogP contribution in [0.25, 0.3) is 0 Å². The molecule has 0 atom stereocenters. The van der Waals surface area contributed by atoms with Crippen molar-refractivity contribution in [3.05, 3.63) is 23.7 Å². The van der Waals surface area contributed by atoms with Crippen molar-refractivity contribution in [2.24, 2.45) is 0 Å². The van der Waals surface area contributed by atoms with Gasteiger partial charge in [-0.25, -0.2) is 0 Å². The summed E-state index contributed by atoms with van der Waals surface area (Å²) in [7, 11) is 0. The Morgan fingerprint density at radius 1 is 1.47 bits per heavy atom. The zero-order valence-corrected chi connectivity index (χ0v) is 11.1. The Labute approximate surface area is 113 Å². The predicted octanol–water partition coefficient (Wildman–Crippen LogP) is 0.518. The standard InChI is InChI=1S/C11H13N3O4S/c1-7-8(2-4-18-7)10(16)13-12-9(15)6-14-3-5-19-11(14)17/h2,4H,3,5-6H2,1H3,(H,12,15)(H,13,16). The number of hydrazine groups is 1. The lowest BCUT2D eigenvalue weighted by atomic mass is 10.2. The van der Waals surface area contributed by atoms with Crippen molar-refractivity contribution in [1.82, 2.24) is 15.8 Å². The van der Waals surface area contributed by atoms with Crippen molar-refractivity contribution in [3.8, 4) is 0 Å². The van der Waals surface area contributed by atoms with Crippen molar-refractivity contribution >= 4 is 28.8 Å². The number of carbonyl (C=O) groups is 3. The van der Waals surface area contributed by atoms with Crippen molar-refractivity contribution in [1.29, 1.82) is 0 Å². The lowest BCUT2D eigenvalue weighted by molar-refractivity contribution is -0.122. The second-order valence-electron chi connectivity index (χ2n) is 3.93. The average molecular weight is 283 g/mol. The van der Waals surface area contributed by atoms with E-state index < -0.39 is 11.8 Å². The van der Waals surface area contributed by atoms with Crippen molar-refractivity contribution in [3.63, 3.8) is 0 Å². The van der Waals surface area contributed by atoms with Gasteiger partial charge in [0.05, 0.1) is 11.8 Å². The summed E-state index contributed by atoms with van der Waals surface area (Å²) in [5.74, 6) is 0.261. The quantitative estimate of drug-likeness (QED) is 0.789. The van der Waals surface area contributed by atoms with Crippen LogP contribution in [-0.2, 0) is 4.79 Å². The predicted molar refractivity (Wildman–Crippen MR) is 68.5 cm³/mol. The number of nitrogens with one attached hydrogen (secondary N) is 2. The highest BCUT2D eigenvalue weighted by atomic mass is 32.2. The van der Waals surface area contributed by atoms with Crippen molar-refractivity contribution in [2.45, 2.75) is 6.92 Å². The Kier molecular flexibility index (Phi) is 4.10. The van der Waals surface area contributed by atoms with Crippen LogP contribution in [0.3, 0.4) is 0 Å². The van der Waals surface area contributed by atoms with Gasteiger partial charge in [0, 0.05) is 12.3 Å². The largest absolute Gasteiger partial charge is 0.469 e. The zero-order valence-electron chi connectivity index (χ0n) is 10.3. The molecule has 2 rings (SSSR count). The van der Waals surface area contributed by atoms with E-state index in [4.69, 9.17) is 4.42 Å². The second kappa shape index (κ2) is 5.79. The summed E-state index contributed by atoms with van der Waals surface area (Å²) >= 11 is 1.18. The molecule has 1 aliphatic rings. The molecule has 1 fully saturated rings. The number of aryl methyl sites for hydroxylation is 1. The molecule has 8 heteroatoms. The van der Waals surface area contributed by atoms with Gasteiger partial charge in [0.1, 0.15) is 12.3 Å². The maximum Gasteiger partial charge on any atom is 0.282 e. The fourth-order valence-electron chi connectivity index (χ4n) is 1.60. The Hall–Kier alpha value is -1.96. The molecule has 2 heterocycles. The summed E-state index contributed by atoms with van der Waals surface area (Å²) in [6, 6.07) is 1.51. The zero-order chi connectivity index (χ0) is 13.8. The number of nitrogens with zero attached hydrogens (tertiary/aromatic N) is 1. The smallest absolute Gasteiger partial charge is 0.282 e. The molecule has 0 aliphatic carbocycles. The number of amides is 3. The van der Waals surface area contributed by atoms with Crippen LogP contribution < -0.4 is 10.9 Å². The molecule has 102 valence electrons. The normalized spacial score (nSPS) is 14.6. The van der Waals surface area contributed by atoms with Gasteiger partial charge in [-0.15, -0.1) is 0 Å². The van der Waals surface area contributed by atoms with E-state index in [1.165, 1.54) is 29.0 Å². The third-order valence-electron chi connectivity index (χ3n) is 2.60. The molecule has 19 heavy (non-hydrogen) atoms. The highest BCUT2D eigenvalue weighted by molar-refractivity contribution is 8.13. The molecular formula is C11H13N3O4S. The fraction of sp³-hybridized carbons (Fsp3) is 0.364. The maximum absolute atomic E-state index is 11.7. The van der Waals surface area contributed by atoms with Gasteiger partial charge in [-0.2, -0.15) is 0 Å². The molecule has 2 N–H and O–H groups in total. The lowest BCUT2D eigenvalue weighted by Gasteiger charge is -2.14. The molecule has 0 bridgehead atoms. The van der Waals surface area contributed by atoms with Crippen LogP contribution in [0.1, 0.15) is 16.1 Å². The summed E-state index contributed by atoms with van der Waals surface area (Å²) in [4.78, 5) is 35.9. The van der Waals surface area contributed by atoms with Gasteiger partial charge >= 0.3 is 0 Å². The average Bonchev–Trinajstić information content (AvgIpc) is 2.96. The number of thioether (sulfide) groups is 1. The molecule has 0 spiro atoms. The van der Waals surface area contributed by atoms with Crippen molar-refractivity contribution < 1.29 is 18.8 Å². The van der Waals surface area contributed by atoms with Crippen LogP contribution in [0, 0.1) is 6.92 Å². The summed E-state index contributed by atoms with van der Waals surface area (Å²) in [5, 5.41) is -0.118. The molecular weight excluding hydrogens is 270 g/mol. The van der Waals surface area contributed by atoms with Gasteiger partial charge in [-0.3, -0.25) is 25.2 Å². The van der Waals surface area contributed by atoms with Gasteiger partial charge in [0.2, 0.25) is 0 Å². The third kappa shape index (κ3) is 3.28. The van der Waals surface area contributed by atoms with E-state index in [0.29, 0.717) is 23.6 Å². The summed E-state index contributed by atoms with van der Waals surface area (Å²) in [6.07, 6.45) is 1.40. The van der Waals surface area contributed by atoms with Crippen molar-refractivity contribution in [2.75, 3.05) is 18.8 Å². The molecule has 0 aromatic carbocycles. The van der Waals surface area contributed by atoms with Gasteiger partial charge in [0.15, 0.2) is 0 Å². The molecule has 3 amide bonds. The van der Waals surface area contributed by atoms with E-state index in [9.17, 15) is 14.4 Å². The van der Waals surface area contributed by atoms with Gasteiger partial charge < -0.3 is 9.32 Å². The lowest BCUT2D eigenvalue weighted by Crippen LogP contribution is -2.46. The Morgan fingerprint density at radius 2 is 2.26 bits per heavy atom. The summed E-state index contributed by atoms with van der Waals surface area (Å²) < 4.78 is 4.98. The van der Waals surface area contributed by atoms with E-state index in [1.807, 2.05) is 0 Å². The Balaban J connectivity index is 1.79. The number of furan rings is 1. The number of rotatable bonds is 3. The molecule has 0 unspecified atom stereocenters. The summed E-state index contributed by atoms with van der Waals surface area (Å²) in [5.41, 5.74) is 4.89. The Bertz CT molecular complexity index is 514. The fourth-order valence-corrected chi connectivity index (χ4v) is 2.42. The first kappa shape index (κ1) is 13.5. The SMILES string of the molecule is Cc1occc1C(=O)NNC(=O)CN1CCSC1=O. The first-order chi connectivity index (χ1) is 9.08. The van der Waals surface area contributed by atoms with E-state index in [-0.39, 0.29) is 11.8 Å². The highest BCUT2D eigenvalue weighted by Crippen LogP contribution is 2.16. The van der Waals surface area contributed by atoms with E-state index in [0.717, 1.165) is 0 Å². The molecule has 0 radical (unpaired) electrons. The third-order valence-corrected chi connectivity index (χ3v) is 3.49. The summed E-state index contributed by atoms with van der Waals surface area (Å²) in [6.45, 7) is 2.14. The maximum atomic E-state index is 11.7. The number of hydrogen-bond acceptors (Lipinski definition) is 5. The molecule has 1 aromatic heterocycles. The molecule has 1 aromatic rings. The molecule has 7 nitrogen and oxygen atoms in total. The van der Waals surface area contributed by atoms with Crippen LogP contribution in [-0.4, -0.2) is 40.8 Å². The Morgan fingerprint density at radius 3 is 2.84 bits per heavy atom. The minimum atomic E-state index is -0.457. The van der Waals surface area contributed by atoms with E-state index in [1.54, 1.807) is 6.92 Å². The number of hydrogen-bond donors (Lipinski definition) is 2. The van der Waals surface area contributed by atoms with Crippen LogP contribution in [0.15, 0.2) is 16.7 Å². The molecule has 0 saturated carbocycles. The monoisotopic (exact) mass is 283 g/mol. The van der Waals surface area contributed by atoms with Gasteiger partial charge in [-0.05, 0) is 13.0 Å². The molecule has 1 aliphatic heterocycles. The topological polar surface area (TPSA) is 91.7 Å². The first-order valence-corrected chi connectivity index (χ1v) is 6.61. The van der Waals surface area contributed by atoms with Crippen LogP contribution in [0.4, 0.5) is 4.79 Å². The minimum absolute atomic E-state index is 0.0590. The number of carbonyl (C=O) groups excluding carboxylic acids is 3. The van der Waals surface area contributed by atoms with Gasteiger partial charge in [-0.1, -0.05) is 11.8 Å². The van der Waals surface area contributed by atoms with Crippen LogP contribution in [0.5, 0.6) is 0 Å². The minimum Gasteiger partial charge on any atom is -0.469 e. The molecule has 1 saturated heterocycles. The van der Waals surface area contributed by atoms with E-state index >= 15 is 0 Å². The highest BCUT2D eigenvalue weighted by Gasteiger charge is 2.23. The van der Waals surface area contributed by atoms with Crippen LogP contribution in [0.2, 0.25) is 0 Å². The van der Waals surface area contributed by atoms with E-state index in [2.05, 4.69) is 10.9 Å². The van der Waals surface area contributed by atoms with Gasteiger partial charge in [0.25, 0.3) is 17.1 Å². The first-order valence-electron chi connectivity index (χ1n) is 5.63.